The number of hydrogen-bond donors (Lipinski definition) is 1. The molecule has 1 heterocycles. The summed E-state index contributed by atoms with van der Waals surface area (Å²) in [6.45, 7) is 0. The molecule has 3 heteroatoms. The molecule has 1 aromatic carbocycles. The second-order valence-electron chi connectivity index (χ2n) is 7.09. The van der Waals surface area contributed by atoms with E-state index in [4.69, 9.17) is 5.73 Å². The molecule has 0 radical (unpaired) electrons. The smallest absolute Gasteiger partial charge is 0.0951 e. The second-order valence-corrected chi connectivity index (χ2v) is 7.09. The Hall–Kier alpha value is -1.61. The van der Waals surface area contributed by atoms with Gasteiger partial charge in [-0.05, 0) is 48.5 Å². The van der Waals surface area contributed by atoms with Crippen molar-refractivity contribution in [1.29, 1.82) is 0 Å². The van der Waals surface area contributed by atoms with Crippen LogP contribution in [-0.2, 0) is 0 Å². The molecular formula is C18H21N3. The van der Waals surface area contributed by atoms with Gasteiger partial charge in [0.05, 0.1) is 24.3 Å². The fraction of sp³-hybridized carbons (Fsp3) is 0.500. The predicted molar refractivity (Wildman–Crippen MR) is 81.5 cm³/mol. The van der Waals surface area contributed by atoms with E-state index >= 15 is 0 Å². The SMILES string of the molecule is NC(c1ccccc1)c1cncn1C1C2C3CCC(C3)C21. The first-order valence-corrected chi connectivity index (χ1v) is 8.17. The van der Waals surface area contributed by atoms with Gasteiger partial charge in [0, 0.05) is 6.04 Å². The summed E-state index contributed by atoms with van der Waals surface area (Å²) in [6, 6.07) is 11.0. The van der Waals surface area contributed by atoms with Gasteiger partial charge in [0.2, 0.25) is 0 Å². The van der Waals surface area contributed by atoms with E-state index in [0.29, 0.717) is 6.04 Å². The van der Waals surface area contributed by atoms with E-state index in [1.165, 1.54) is 30.5 Å². The van der Waals surface area contributed by atoms with E-state index in [2.05, 4.69) is 33.8 Å². The van der Waals surface area contributed by atoms with Crippen molar-refractivity contribution >= 4 is 0 Å². The number of nitrogens with two attached hydrogens (primary N) is 1. The van der Waals surface area contributed by atoms with Crippen molar-refractivity contribution in [3.05, 3.63) is 54.1 Å². The molecule has 3 aliphatic carbocycles. The summed E-state index contributed by atoms with van der Waals surface area (Å²) in [5, 5.41) is 0. The molecule has 3 aliphatic rings. The third-order valence-corrected chi connectivity index (χ3v) is 6.19. The van der Waals surface area contributed by atoms with Gasteiger partial charge < -0.3 is 10.3 Å². The van der Waals surface area contributed by atoms with Crippen LogP contribution in [0.25, 0.3) is 0 Å². The molecule has 3 nitrogen and oxygen atoms in total. The van der Waals surface area contributed by atoms with Crippen molar-refractivity contribution < 1.29 is 0 Å². The lowest BCUT2D eigenvalue weighted by Gasteiger charge is -2.17. The highest BCUT2D eigenvalue weighted by atomic mass is 15.1. The van der Waals surface area contributed by atoms with Crippen LogP contribution in [0.3, 0.4) is 0 Å². The monoisotopic (exact) mass is 279 g/mol. The lowest BCUT2D eigenvalue weighted by molar-refractivity contribution is 0.444. The second kappa shape index (κ2) is 4.20. The zero-order valence-corrected chi connectivity index (χ0v) is 12.1. The fourth-order valence-electron chi connectivity index (χ4n) is 5.29. The van der Waals surface area contributed by atoms with Crippen LogP contribution >= 0.6 is 0 Å². The molecule has 2 N–H and O–H groups in total. The number of imidazole rings is 1. The first kappa shape index (κ1) is 12.0. The molecule has 0 aliphatic heterocycles. The summed E-state index contributed by atoms with van der Waals surface area (Å²) in [4.78, 5) is 4.41. The van der Waals surface area contributed by atoms with Gasteiger partial charge in [-0.25, -0.2) is 4.98 Å². The average Bonchev–Trinajstić information content (AvgIpc) is 2.94. The van der Waals surface area contributed by atoms with Crippen LogP contribution < -0.4 is 5.73 Å². The third-order valence-electron chi connectivity index (χ3n) is 6.19. The number of rotatable bonds is 3. The van der Waals surface area contributed by atoms with E-state index in [-0.39, 0.29) is 6.04 Å². The average molecular weight is 279 g/mol. The van der Waals surface area contributed by atoms with Crippen molar-refractivity contribution in [2.75, 3.05) is 0 Å². The summed E-state index contributed by atoms with van der Waals surface area (Å²) in [5.41, 5.74) is 8.86. The molecule has 2 bridgehead atoms. The minimum Gasteiger partial charge on any atom is -0.329 e. The Morgan fingerprint density at radius 2 is 1.81 bits per heavy atom. The zero-order chi connectivity index (χ0) is 14.0. The van der Waals surface area contributed by atoms with Crippen LogP contribution in [0.1, 0.15) is 42.6 Å². The van der Waals surface area contributed by atoms with Crippen molar-refractivity contribution in [3.63, 3.8) is 0 Å². The number of fused-ring (bicyclic) bond motifs is 5. The molecule has 3 fully saturated rings. The maximum Gasteiger partial charge on any atom is 0.0951 e. The molecule has 1 aromatic heterocycles. The molecule has 0 saturated heterocycles. The highest BCUT2D eigenvalue weighted by molar-refractivity contribution is 5.28. The van der Waals surface area contributed by atoms with E-state index in [9.17, 15) is 0 Å². The molecule has 21 heavy (non-hydrogen) atoms. The summed E-state index contributed by atoms with van der Waals surface area (Å²) >= 11 is 0. The number of benzene rings is 1. The molecule has 2 aromatic rings. The maximum atomic E-state index is 6.50. The highest BCUT2D eigenvalue weighted by Gasteiger charge is 2.66. The molecular weight excluding hydrogens is 258 g/mol. The Morgan fingerprint density at radius 3 is 2.52 bits per heavy atom. The van der Waals surface area contributed by atoms with Crippen LogP contribution in [0.2, 0.25) is 0 Å². The lowest BCUT2D eigenvalue weighted by atomic mass is 10.0. The van der Waals surface area contributed by atoms with Gasteiger partial charge in [-0.3, -0.25) is 0 Å². The largest absolute Gasteiger partial charge is 0.329 e. The topological polar surface area (TPSA) is 43.8 Å². The first-order chi connectivity index (χ1) is 10.3. The lowest BCUT2D eigenvalue weighted by Crippen LogP contribution is -2.17. The molecule has 0 spiro atoms. The van der Waals surface area contributed by atoms with Crippen LogP contribution in [0, 0.1) is 23.7 Å². The van der Waals surface area contributed by atoms with E-state index in [1.807, 2.05) is 18.6 Å². The molecule has 0 amide bonds. The van der Waals surface area contributed by atoms with Gasteiger partial charge in [0.25, 0.3) is 0 Å². The quantitative estimate of drug-likeness (QED) is 0.938. The van der Waals surface area contributed by atoms with Crippen LogP contribution in [-0.4, -0.2) is 9.55 Å². The zero-order valence-electron chi connectivity index (χ0n) is 12.1. The van der Waals surface area contributed by atoms with Crippen molar-refractivity contribution in [2.45, 2.75) is 31.3 Å². The van der Waals surface area contributed by atoms with Gasteiger partial charge in [-0.2, -0.15) is 0 Å². The molecule has 3 saturated carbocycles. The van der Waals surface area contributed by atoms with E-state index < -0.39 is 0 Å². The maximum absolute atomic E-state index is 6.50. The number of nitrogens with zero attached hydrogens (tertiary/aromatic N) is 2. The van der Waals surface area contributed by atoms with E-state index in [0.717, 1.165) is 23.7 Å². The fourth-order valence-corrected chi connectivity index (χ4v) is 5.29. The first-order valence-electron chi connectivity index (χ1n) is 8.17. The van der Waals surface area contributed by atoms with Crippen LogP contribution in [0.5, 0.6) is 0 Å². The van der Waals surface area contributed by atoms with Gasteiger partial charge in [-0.15, -0.1) is 0 Å². The van der Waals surface area contributed by atoms with Gasteiger partial charge >= 0.3 is 0 Å². The Bertz CT molecular complexity index is 646. The standard InChI is InChI=1S/C18H21N3/c19-17(11-4-2-1-3-5-11)14-9-20-10-21(14)18-15-12-6-7-13(8-12)16(15)18/h1-5,9-10,12-13,15-18H,6-8,19H2. The third kappa shape index (κ3) is 1.61. The molecule has 108 valence electrons. The number of hydrogen-bond acceptors (Lipinski definition) is 2. The van der Waals surface area contributed by atoms with Gasteiger partial charge in [-0.1, -0.05) is 30.3 Å². The van der Waals surface area contributed by atoms with Crippen molar-refractivity contribution in [3.8, 4) is 0 Å². The van der Waals surface area contributed by atoms with E-state index in [1.54, 1.807) is 0 Å². The number of aromatic nitrogens is 2. The normalized spacial score (nSPS) is 37.5. The van der Waals surface area contributed by atoms with Gasteiger partial charge in [0.1, 0.15) is 0 Å². The molecule has 5 rings (SSSR count). The Labute approximate surface area is 125 Å². The minimum absolute atomic E-state index is 0.0623. The summed E-state index contributed by atoms with van der Waals surface area (Å²) < 4.78 is 2.40. The summed E-state index contributed by atoms with van der Waals surface area (Å²) in [5.74, 6) is 3.79. The molecule has 5 unspecified atom stereocenters. The summed E-state index contributed by atoms with van der Waals surface area (Å²) in [6.07, 6.45) is 8.38. The van der Waals surface area contributed by atoms with Crippen molar-refractivity contribution in [2.24, 2.45) is 29.4 Å². The Kier molecular flexibility index (Phi) is 2.40. The van der Waals surface area contributed by atoms with Gasteiger partial charge in [0.15, 0.2) is 0 Å². The minimum atomic E-state index is -0.0623. The predicted octanol–water partition coefficient (Wildman–Crippen LogP) is 3.15. The Morgan fingerprint density at radius 1 is 1.10 bits per heavy atom. The van der Waals surface area contributed by atoms with Crippen molar-refractivity contribution in [1.82, 2.24) is 9.55 Å². The highest BCUT2D eigenvalue weighted by Crippen LogP contribution is 2.71. The Balaban J connectivity index is 1.47. The summed E-state index contributed by atoms with van der Waals surface area (Å²) in [7, 11) is 0. The van der Waals surface area contributed by atoms with Crippen LogP contribution in [0.15, 0.2) is 42.9 Å². The molecule has 5 atom stereocenters. The van der Waals surface area contributed by atoms with Crippen LogP contribution in [0.4, 0.5) is 0 Å².